The maximum Gasteiger partial charge on any atom is 0.135 e. The van der Waals surface area contributed by atoms with E-state index < -0.39 is 0 Å². The van der Waals surface area contributed by atoms with Gasteiger partial charge in [-0.15, -0.1) is 10.2 Å². The summed E-state index contributed by atoms with van der Waals surface area (Å²) in [5.74, 6) is 3.46. The second-order valence-corrected chi connectivity index (χ2v) is 7.70. The zero-order chi connectivity index (χ0) is 16.5. The first-order valence-electron chi connectivity index (χ1n) is 9.45. The highest BCUT2D eigenvalue weighted by molar-refractivity contribution is 5.32. The number of hydrogen-bond acceptors (Lipinski definition) is 3. The number of hydrogen-bond donors (Lipinski definition) is 1. The van der Waals surface area contributed by atoms with Crippen LogP contribution in [0.25, 0.3) is 0 Å². The molecule has 0 saturated heterocycles. The minimum absolute atomic E-state index is 0.447. The second kappa shape index (κ2) is 6.67. The SMILES string of the molecule is CC(C)c1nnc2n1CC(CNC1CCCc3ccccc31)CC2. The third-order valence-electron chi connectivity index (χ3n) is 5.61. The van der Waals surface area contributed by atoms with Crippen LogP contribution in [0.5, 0.6) is 0 Å². The summed E-state index contributed by atoms with van der Waals surface area (Å²) in [6.07, 6.45) is 6.08. The lowest BCUT2D eigenvalue weighted by atomic mass is 9.87. The minimum atomic E-state index is 0.447. The molecule has 4 nitrogen and oxygen atoms in total. The largest absolute Gasteiger partial charge is 0.314 e. The lowest BCUT2D eigenvalue weighted by Gasteiger charge is -2.30. The highest BCUT2D eigenvalue weighted by Crippen LogP contribution is 2.30. The van der Waals surface area contributed by atoms with Crippen molar-refractivity contribution < 1.29 is 0 Å². The molecule has 0 fully saturated rings. The molecule has 1 aromatic carbocycles. The monoisotopic (exact) mass is 324 g/mol. The van der Waals surface area contributed by atoms with Crippen LogP contribution >= 0.6 is 0 Å². The molecule has 1 aromatic heterocycles. The summed E-state index contributed by atoms with van der Waals surface area (Å²) in [6.45, 7) is 6.57. The molecule has 1 N–H and O–H groups in total. The van der Waals surface area contributed by atoms with Crippen LogP contribution in [0.1, 0.15) is 67.8 Å². The molecular weight excluding hydrogens is 296 g/mol. The Hall–Kier alpha value is -1.68. The van der Waals surface area contributed by atoms with E-state index in [1.165, 1.54) is 42.6 Å². The van der Waals surface area contributed by atoms with Gasteiger partial charge in [-0.1, -0.05) is 38.1 Å². The Balaban J connectivity index is 1.42. The van der Waals surface area contributed by atoms with Gasteiger partial charge in [0, 0.05) is 31.5 Å². The average Bonchev–Trinajstić information content (AvgIpc) is 3.03. The van der Waals surface area contributed by atoms with E-state index in [2.05, 4.69) is 58.2 Å². The molecule has 128 valence electrons. The van der Waals surface area contributed by atoms with E-state index in [0.29, 0.717) is 17.9 Å². The fourth-order valence-electron chi connectivity index (χ4n) is 4.28. The molecule has 4 rings (SSSR count). The zero-order valence-corrected chi connectivity index (χ0v) is 14.8. The van der Waals surface area contributed by atoms with E-state index >= 15 is 0 Å². The average molecular weight is 324 g/mol. The Morgan fingerprint density at radius 1 is 1.17 bits per heavy atom. The van der Waals surface area contributed by atoms with Gasteiger partial charge in [-0.3, -0.25) is 0 Å². The lowest BCUT2D eigenvalue weighted by molar-refractivity contribution is 0.317. The predicted molar refractivity (Wildman–Crippen MR) is 96.0 cm³/mol. The summed E-state index contributed by atoms with van der Waals surface area (Å²) in [5, 5.41) is 12.7. The van der Waals surface area contributed by atoms with Crippen molar-refractivity contribution >= 4 is 0 Å². The molecule has 0 amide bonds. The summed E-state index contributed by atoms with van der Waals surface area (Å²) >= 11 is 0. The van der Waals surface area contributed by atoms with Crippen molar-refractivity contribution in [2.45, 2.75) is 64.5 Å². The van der Waals surface area contributed by atoms with E-state index in [-0.39, 0.29) is 0 Å². The van der Waals surface area contributed by atoms with Gasteiger partial charge in [0.1, 0.15) is 11.6 Å². The van der Waals surface area contributed by atoms with Crippen LogP contribution < -0.4 is 5.32 Å². The Kier molecular flexibility index (Phi) is 4.40. The number of benzene rings is 1. The van der Waals surface area contributed by atoms with Crippen LogP contribution in [-0.4, -0.2) is 21.3 Å². The molecule has 1 aliphatic carbocycles. The maximum atomic E-state index is 4.40. The fraction of sp³-hybridized carbons (Fsp3) is 0.600. The van der Waals surface area contributed by atoms with E-state index in [1.807, 2.05) is 0 Å². The number of nitrogens with one attached hydrogen (secondary N) is 1. The van der Waals surface area contributed by atoms with Gasteiger partial charge in [0.2, 0.25) is 0 Å². The van der Waals surface area contributed by atoms with E-state index in [4.69, 9.17) is 0 Å². The van der Waals surface area contributed by atoms with E-state index in [9.17, 15) is 0 Å². The fourth-order valence-corrected chi connectivity index (χ4v) is 4.28. The predicted octanol–water partition coefficient (Wildman–Crippen LogP) is 3.63. The number of aryl methyl sites for hydroxylation is 2. The topological polar surface area (TPSA) is 42.7 Å². The first-order chi connectivity index (χ1) is 11.7. The van der Waals surface area contributed by atoms with Crippen LogP contribution in [0.15, 0.2) is 24.3 Å². The van der Waals surface area contributed by atoms with Crippen molar-refractivity contribution in [2.75, 3.05) is 6.54 Å². The second-order valence-electron chi connectivity index (χ2n) is 7.70. The van der Waals surface area contributed by atoms with Crippen LogP contribution in [-0.2, 0) is 19.4 Å². The van der Waals surface area contributed by atoms with E-state index in [1.54, 1.807) is 0 Å². The zero-order valence-electron chi connectivity index (χ0n) is 14.8. The molecule has 2 aliphatic rings. The molecule has 0 spiro atoms. The standard InChI is InChI=1S/C20H28N4/c1-14(2)20-23-22-19-11-10-15(13-24(19)20)12-21-18-9-5-7-16-6-3-4-8-17(16)18/h3-4,6,8,14-15,18,21H,5,7,9-13H2,1-2H3. The Labute approximate surface area is 144 Å². The van der Waals surface area contributed by atoms with Gasteiger partial charge in [0.25, 0.3) is 0 Å². The number of nitrogens with zero attached hydrogens (tertiary/aromatic N) is 3. The highest BCUT2D eigenvalue weighted by atomic mass is 15.3. The smallest absolute Gasteiger partial charge is 0.135 e. The summed E-state index contributed by atoms with van der Waals surface area (Å²) in [6, 6.07) is 9.48. The summed E-state index contributed by atoms with van der Waals surface area (Å²) < 4.78 is 2.37. The molecule has 2 aromatic rings. The quantitative estimate of drug-likeness (QED) is 0.934. The van der Waals surface area contributed by atoms with Gasteiger partial charge < -0.3 is 9.88 Å². The molecular formula is C20H28N4. The van der Waals surface area contributed by atoms with Gasteiger partial charge in [-0.2, -0.15) is 0 Å². The Bertz CT molecular complexity index is 703. The van der Waals surface area contributed by atoms with Crippen LogP contribution in [0.4, 0.5) is 0 Å². The number of rotatable bonds is 4. The van der Waals surface area contributed by atoms with Gasteiger partial charge >= 0.3 is 0 Å². The molecule has 2 atom stereocenters. The molecule has 2 unspecified atom stereocenters. The van der Waals surface area contributed by atoms with Crippen molar-refractivity contribution in [3.63, 3.8) is 0 Å². The van der Waals surface area contributed by atoms with Crippen LogP contribution in [0, 0.1) is 5.92 Å². The Morgan fingerprint density at radius 2 is 2.04 bits per heavy atom. The molecule has 2 heterocycles. The lowest BCUT2D eigenvalue weighted by Crippen LogP contribution is -2.34. The minimum Gasteiger partial charge on any atom is -0.314 e. The van der Waals surface area contributed by atoms with Gasteiger partial charge in [0.15, 0.2) is 0 Å². The van der Waals surface area contributed by atoms with Gasteiger partial charge in [-0.25, -0.2) is 0 Å². The molecule has 0 saturated carbocycles. The molecule has 4 heteroatoms. The third-order valence-corrected chi connectivity index (χ3v) is 5.61. The molecule has 0 bridgehead atoms. The third kappa shape index (κ3) is 3.00. The van der Waals surface area contributed by atoms with Gasteiger partial charge in [0.05, 0.1) is 0 Å². The van der Waals surface area contributed by atoms with Crippen molar-refractivity contribution in [1.29, 1.82) is 0 Å². The van der Waals surface area contributed by atoms with Crippen molar-refractivity contribution in [3.8, 4) is 0 Å². The first kappa shape index (κ1) is 15.8. The highest BCUT2D eigenvalue weighted by Gasteiger charge is 2.25. The van der Waals surface area contributed by atoms with Crippen LogP contribution in [0.2, 0.25) is 0 Å². The van der Waals surface area contributed by atoms with Crippen molar-refractivity contribution in [3.05, 3.63) is 47.0 Å². The number of fused-ring (bicyclic) bond motifs is 2. The van der Waals surface area contributed by atoms with Crippen molar-refractivity contribution in [2.24, 2.45) is 5.92 Å². The first-order valence-corrected chi connectivity index (χ1v) is 9.45. The molecule has 24 heavy (non-hydrogen) atoms. The van der Waals surface area contributed by atoms with E-state index in [0.717, 1.165) is 25.3 Å². The van der Waals surface area contributed by atoms with Gasteiger partial charge in [-0.05, 0) is 42.7 Å². The van der Waals surface area contributed by atoms with Crippen LogP contribution in [0.3, 0.4) is 0 Å². The molecule has 0 radical (unpaired) electrons. The summed E-state index contributed by atoms with van der Waals surface area (Å²) in [4.78, 5) is 0. The van der Waals surface area contributed by atoms with Crippen molar-refractivity contribution in [1.82, 2.24) is 20.1 Å². The summed E-state index contributed by atoms with van der Waals surface area (Å²) in [5.41, 5.74) is 3.06. The maximum absolute atomic E-state index is 4.40. The normalized spacial score (nSPS) is 23.1. The molecule has 1 aliphatic heterocycles. The number of aromatic nitrogens is 3. The Morgan fingerprint density at radius 3 is 2.92 bits per heavy atom. The summed E-state index contributed by atoms with van der Waals surface area (Å²) in [7, 11) is 0.